The van der Waals surface area contributed by atoms with Gasteiger partial charge in [-0.25, -0.2) is 9.59 Å². The number of rotatable bonds is 7. The van der Waals surface area contributed by atoms with Crippen molar-refractivity contribution in [1.29, 1.82) is 0 Å². The summed E-state index contributed by atoms with van der Waals surface area (Å²) in [4.78, 5) is 25.7. The number of aryl methyl sites for hydroxylation is 1. The third-order valence-corrected chi connectivity index (χ3v) is 8.72. The number of carboxylic acids is 1. The molecule has 0 unspecified atom stereocenters. The van der Waals surface area contributed by atoms with E-state index in [1.165, 1.54) is 33.1 Å². The number of nitrogens with zero attached hydrogens (tertiary/aromatic N) is 1. The number of carbonyl (C=O) groups is 2. The van der Waals surface area contributed by atoms with Gasteiger partial charge in [0, 0.05) is 5.56 Å². The number of benzene rings is 4. The van der Waals surface area contributed by atoms with Gasteiger partial charge < -0.3 is 14.6 Å². The number of carbonyl (C=O) groups excluding carboxylic acids is 1. The number of cyclic esters (lactones) is 1. The minimum Gasteiger partial charge on any atom is -0.496 e. The van der Waals surface area contributed by atoms with Crippen LogP contribution in [0.5, 0.6) is 5.75 Å². The molecule has 1 heterocycles. The van der Waals surface area contributed by atoms with Crippen LogP contribution in [0.4, 0.5) is 44.3 Å². The van der Waals surface area contributed by atoms with Gasteiger partial charge in [-0.05, 0) is 109 Å². The van der Waals surface area contributed by atoms with E-state index in [4.69, 9.17) is 9.47 Å². The van der Waals surface area contributed by atoms with Gasteiger partial charge in [0.05, 0.1) is 41.4 Å². The van der Waals surface area contributed by atoms with Crippen molar-refractivity contribution in [2.75, 3.05) is 7.11 Å². The second-order valence-electron chi connectivity index (χ2n) is 12.5. The van der Waals surface area contributed by atoms with E-state index in [9.17, 15) is 54.2 Å². The van der Waals surface area contributed by atoms with Gasteiger partial charge in [0.25, 0.3) is 0 Å². The topological polar surface area (TPSA) is 76.1 Å². The van der Waals surface area contributed by atoms with Crippen LogP contribution in [0.2, 0.25) is 0 Å². The van der Waals surface area contributed by atoms with Crippen molar-refractivity contribution < 1.29 is 63.7 Å². The van der Waals surface area contributed by atoms with Crippen molar-refractivity contribution >= 4 is 12.1 Å². The highest BCUT2D eigenvalue weighted by atomic mass is 19.4. The fourth-order valence-corrected chi connectivity index (χ4v) is 6.10. The Morgan fingerprint density at radius 2 is 1.37 bits per heavy atom. The Morgan fingerprint density at radius 1 is 0.784 bits per heavy atom. The number of carboxylic acid groups (broad SMARTS) is 1. The molecule has 1 atom stereocenters. The summed E-state index contributed by atoms with van der Waals surface area (Å²) in [5, 5.41) is 9.36. The lowest BCUT2D eigenvalue weighted by molar-refractivity contribution is -0.143. The zero-order valence-electron chi connectivity index (χ0n) is 27.1. The summed E-state index contributed by atoms with van der Waals surface area (Å²) < 4.78 is 135. The molecule has 4 aromatic rings. The first-order chi connectivity index (χ1) is 23.5. The molecule has 5 rings (SSSR count). The van der Waals surface area contributed by atoms with Gasteiger partial charge >= 0.3 is 30.6 Å². The minimum atomic E-state index is -5.18. The molecule has 0 spiro atoms. The molecule has 0 aromatic heterocycles. The van der Waals surface area contributed by atoms with Gasteiger partial charge in [-0.15, -0.1) is 0 Å². The van der Waals surface area contributed by atoms with Crippen molar-refractivity contribution in [1.82, 2.24) is 4.90 Å². The van der Waals surface area contributed by atoms with Crippen LogP contribution in [0.25, 0.3) is 22.3 Å². The van der Waals surface area contributed by atoms with E-state index in [0.717, 1.165) is 23.1 Å². The van der Waals surface area contributed by atoms with Gasteiger partial charge in [0.1, 0.15) is 5.75 Å². The average Bonchev–Trinajstić information content (AvgIpc) is 3.26. The fourth-order valence-electron chi connectivity index (χ4n) is 6.10. The predicted octanol–water partition coefficient (Wildman–Crippen LogP) is 10.6. The summed E-state index contributed by atoms with van der Waals surface area (Å²) in [6.07, 6.45) is -18.1. The molecule has 0 radical (unpaired) electrons. The second kappa shape index (κ2) is 12.8. The van der Waals surface area contributed by atoms with Crippen LogP contribution in [-0.2, 0) is 29.8 Å². The molecular weight excluding hydrogens is 697 g/mol. The summed E-state index contributed by atoms with van der Waals surface area (Å²) in [6.45, 7) is 3.70. The van der Waals surface area contributed by atoms with E-state index in [-0.39, 0.29) is 34.1 Å². The summed E-state index contributed by atoms with van der Waals surface area (Å²) >= 11 is 0. The van der Waals surface area contributed by atoms with E-state index >= 15 is 0 Å². The van der Waals surface area contributed by atoms with E-state index < -0.39 is 71.0 Å². The fraction of sp³-hybridized carbons (Fsp3) is 0.278. The van der Waals surface area contributed by atoms with Crippen LogP contribution in [-0.4, -0.2) is 34.7 Å². The number of aromatic carboxylic acids is 1. The number of alkyl halides is 9. The number of halogens is 9. The average molecular weight is 726 g/mol. The van der Waals surface area contributed by atoms with Crippen LogP contribution in [0.1, 0.15) is 63.7 Å². The highest BCUT2D eigenvalue weighted by molar-refractivity contribution is 5.89. The van der Waals surface area contributed by atoms with Crippen molar-refractivity contribution in [3.05, 3.63) is 112 Å². The monoisotopic (exact) mass is 725 g/mol. The van der Waals surface area contributed by atoms with Gasteiger partial charge in [0.2, 0.25) is 0 Å². The zero-order valence-corrected chi connectivity index (χ0v) is 27.1. The van der Waals surface area contributed by atoms with Crippen molar-refractivity contribution in [3.8, 4) is 28.0 Å². The smallest absolute Gasteiger partial charge is 0.416 e. The van der Waals surface area contributed by atoms with E-state index in [1.807, 2.05) is 0 Å². The zero-order chi connectivity index (χ0) is 37.8. The van der Waals surface area contributed by atoms with Crippen molar-refractivity contribution in [3.63, 3.8) is 0 Å². The van der Waals surface area contributed by atoms with Crippen LogP contribution < -0.4 is 4.74 Å². The molecule has 1 saturated heterocycles. The largest absolute Gasteiger partial charge is 0.496 e. The normalized spacial score (nSPS) is 16.3. The Kier molecular flexibility index (Phi) is 9.33. The number of methoxy groups -OCH3 is 1. The predicted molar refractivity (Wildman–Crippen MR) is 166 cm³/mol. The summed E-state index contributed by atoms with van der Waals surface area (Å²) in [7, 11) is 1.32. The molecule has 0 saturated carbocycles. The third kappa shape index (κ3) is 7.33. The van der Waals surface area contributed by atoms with E-state index in [2.05, 4.69) is 0 Å². The Bertz CT molecular complexity index is 1980. The van der Waals surface area contributed by atoms with Crippen LogP contribution >= 0.6 is 0 Å². The Labute approximate surface area is 285 Å². The summed E-state index contributed by atoms with van der Waals surface area (Å²) in [6, 6.07) is 12.8. The van der Waals surface area contributed by atoms with Gasteiger partial charge in [-0.2, -0.15) is 39.5 Å². The Hall–Kier alpha value is -5.21. The van der Waals surface area contributed by atoms with E-state index in [0.29, 0.717) is 28.8 Å². The molecule has 270 valence electrons. The van der Waals surface area contributed by atoms with Crippen LogP contribution in [0, 0.1) is 6.92 Å². The minimum absolute atomic E-state index is 0.0354. The molecule has 1 aliphatic rings. The molecule has 0 bridgehead atoms. The molecule has 1 aliphatic heterocycles. The first kappa shape index (κ1) is 37.1. The molecule has 15 heteroatoms. The number of hydrogen-bond acceptors (Lipinski definition) is 4. The molecule has 4 aromatic carbocycles. The third-order valence-electron chi connectivity index (χ3n) is 8.72. The molecule has 6 nitrogen and oxygen atoms in total. The maximum atomic E-state index is 14.0. The Balaban J connectivity index is 1.63. The second-order valence-corrected chi connectivity index (χ2v) is 12.5. The lowest BCUT2D eigenvalue weighted by atomic mass is 9.87. The molecule has 51 heavy (non-hydrogen) atoms. The van der Waals surface area contributed by atoms with E-state index in [1.54, 1.807) is 31.2 Å². The first-order valence-electron chi connectivity index (χ1n) is 15.0. The highest BCUT2D eigenvalue weighted by Crippen LogP contribution is 2.47. The molecule has 0 aliphatic carbocycles. The van der Waals surface area contributed by atoms with Gasteiger partial charge in [-0.3, -0.25) is 4.90 Å². The van der Waals surface area contributed by atoms with Gasteiger partial charge in [0.15, 0.2) is 6.10 Å². The van der Waals surface area contributed by atoms with Crippen LogP contribution in [0.15, 0.2) is 72.8 Å². The summed E-state index contributed by atoms with van der Waals surface area (Å²) in [5.41, 5.74) is -4.54. The van der Waals surface area contributed by atoms with Gasteiger partial charge in [-0.1, -0.05) is 18.2 Å². The number of hydrogen-bond donors (Lipinski definition) is 1. The lowest BCUT2D eigenvalue weighted by Crippen LogP contribution is -2.42. The standard InChI is InChI=1S/C36H28F9NO5/c1-18-11-20(31(47)48)5-8-26(18)19-6-10-29(50-4)28(15-19)27-9-7-23(34(37,38)39)14-22(27)17-46-32(49)51-30(33(46,2)3)21-12-24(35(40,41)42)16-25(13-21)36(43,44)45/h5-16,30H,17H2,1-4H3,(H,47,48)/t30-/m1/s1. The van der Waals surface area contributed by atoms with Crippen molar-refractivity contribution in [2.24, 2.45) is 0 Å². The molecule has 1 N–H and O–H groups in total. The molecule has 1 amide bonds. The van der Waals surface area contributed by atoms with Crippen LogP contribution in [0.3, 0.4) is 0 Å². The Morgan fingerprint density at radius 3 is 1.90 bits per heavy atom. The number of ether oxygens (including phenoxy) is 2. The summed E-state index contributed by atoms with van der Waals surface area (Å²) in [5.74, 6) is -0.932. The highest BCUT2D eigenvalue weighted by Gasteiger charge is 2.50. The molecular formula is C36H28F9NO5. The van der Waals surface area contributed by atoms with Crippen molar-refractivity contribution in [2.45, 2.75) is 57.5 Å². The lowest BCUT2D eigenvalue weighted by Gasteiger charge is -2.33. The number of amides is 1. The first-order valence-corrected chi connectivity index (χ1v) is 15.0. The molecule has 1 fully saturated rings. The quantitative estimate of drug-likeness (QED) is 0.192. The SMILES string of the molecule is COc1ccc(-c2ccc(C(=O)O)cc2C)cc1-c1ccc(C(F)(F)F)cc1CN1C(=O)O[C@H](c2cc(C(F)(F)F)cc(C(F)(F)F)c2)C1(C)C. The maximum absolute atomic E-state index is 14.0. The maximum Gasteiger partial charge on any atom is 0.416 e.